The number of nitrogens with zero attached hydrogens (tertiary/aromatic N) is 1. The number of rotatable bonds is 9. The highest BCUT2D eigenvalue weighted by molar-refractivity contribution is 6.09. The van der Waals surface area contributed by atoms with Gasteiger partial charge in [-0.15, -0.1) is 0 Å². The first-order valence-electron chi connectivity index (χ1n) is 27.5. The highest BCUT2D eigenvalue weighted by Crippen LogP contribution is 2.97. The van der Waals surface area contributed by atoms with E-state index in [0.29, 0.717) is 11.3 Å². The van der Waals surface area contributed by atoms with E-state index in [1.54, 1.807) is 11.1 Å². The summed E-state index contributed by atoms with van der Waals surface area (Å²) in [6.45, 7) is 2.67. The van der Waals surface area contributed by atoms with Crippen LogP contribution in [0.4, 0.5) is 17.1 Å². The highest BCUT2D eigenvalue weighted by Gasteiger charge is 2.93. The van der Waals surface area contributed by atoms with Crippen LogP contribution in [0.5, 0.6) is 0 Å². The minimum Gasteiger partial charge on any atom is -0.309 e. The monoisotopic (exact) mass is 959 g/mol. The summed E-state index contributed by atoms with van der Waals surface area (Å²) in [6, 6.07) is 90.5. The van der Waals surface area contributed by atoms with Gasteiger partial charge in [-0.1, -0.05) is 237 Å². The molecule has 0 aliphatic heterocycles. The Morgan fingerprint density at radius 2 is 0.960 bits per heavy atom. The van der Waals surface area contributed by atoms with Crippen molar-refractivity contribution in [3.05, 3.63) is 278 Å². The minimum atomic E-state index is -0.0180. The van der Waals surface area contributed by atoms with Gasteiger partial charge < -0.3 is 4.90 Å². The van der Waals surface area contributed by atoms with Gasteiger partial charge in [0, 0.05) is 33.6 Å². The molecule has 0 saturated heterocycles. The normalized spacial score (nSPS) is 25.8. The molecule has 10 aromatic carbocycles. The number of para-hydroxylation sites is 2. The van der Waals surface area contributed by atoms with E-state index in [-0.39, 0.29) is 10.8 Å². The van der Waals surface area contributed by atoms with E-state index in [1.807, 2.05) is 0 Å². The Morgan fingerprint density at radius 3 is 1.64 bits per heavy atom. The maximum atomic E-state index is 2.79. The molecule has 4 saturated carbocycles. The summed E-state index contributed by atoms with van der Waals surface area (Å²) in [4.78, 5) is 2.56. The molecule has 2 spiro atoms. The first-order chi connectivity index (χ1) is 37.1. The average Bonchev–Trinajstić information content (AvgIpc) is 3.98. The lowest BCUT2D eigenvalue weighted by atomic mass is 9.10. The Bertz CT molecular complexity index is 3950. The SMILES string of the molecule is CC12C=C(c3ccccc3N(c3ccc(-c4ccc(-c5ccccc5)c(-c5ccccc5)c4)cc3)c3ccccc3-c3cccc4cccc(-c5ccccc5)c34)C=CC1c1ccccc1C21C2CC3CC4CC1C342. The lowest BCUT2D eigenvalue weighted by molar-refractivity contribution is -0.435. The van der Waals surface area contributed by atoms with Crippen molar-refractivity contribution >= 4 is 33.4 Å². The Balaban J connectivity index is 0.872. The van der Waals surface area contributed by atoms with Crippen LogP contribution in [-0.2, 0) is 5.41 Å². The molecule has 1 heteroatoms. The number of hydrogen-bond donors (Lipinski definition) is 0. The van der Waals surface area contributed by atoms with Crippen molar-refractivity contribution in [1.82, 2.24) is 0 Å². The lowest BCUT2D eigenvalue weighted by Crippen LogP contribution is -2.90. The molecule has 6 aliphatic rings. The van der Waals surface area contributed by atoms with Crippen molar-refractivity contribution in [1.29, 1.82) is 0 Å². The van der Waals surface area contributed by atoms with Gasteiger partial charge in [0.1, 0.15) is 0 Å². The van der Waals surface area contributed by atoms with Crippen LogP contribution in [0.2, 0.25) is 0 Å². The molecule has 0 heterocycles. The first-order valence-corrected chi connectivity index (χ1v) is 27.5. The summed E-state index contributed by atoms with van der Waals surface area (Å²) >= 11 is 0. The summed E-state index contributed by atoms with van der Waals surface area (Å²) in [7, 11) is 0. The summed E-state index contributed by atoms with van der Waals surface area (Å²) in [5, 5.41) is 2.50. The van der Waals surface area contributed by atoms with Crippen molar-refractivity contribution in [3.8, 4) is 55.6 Å². The zero-order valence-electron chi connectivity index (χ0n) is 42.3. The molecule has 6 aliphatic carbocycles. The van der Waals surface area contributed by atoms with Crippen molar-refractivity contribution in [2.24, 2.45) is 34.5 Å². The van der Waals surface area contributed by atoms with Crippen molar-refractivity contribution in [2.45, 2.75) is 37.5 Å². The van der Waals surface area contributed by atoms with Crippen molar-refractivity contribution in [2.75, 3.05) is 4.90 Å². The van der Waals surface area contributed by atoms with Crippen LogP contribution in [0.3, 0.4) is 0 Å². The molecule has 358 valence electrons. The number of anilines is 3. The van der Waals surface area contributed by atoms with E-state index in [1.165, 1.54) is 102 Å². The summed E-state index contributed by atoms with van der Waals surface area (Å²) in [5.41, 5.74) is 22.3. The fourth-order valence-electron chi connectivity index (χ4n) is 17.2. The van der Waals surface area contributed by atoms with Crippen molar-refractivity contribution < 1.29 is 0 Å². The molecular weight excluding hydrogens is 903 g/mol. The molecular formula is C74H57N. The largest absolute Gasteiger partial charge is 0.309 e. The van der Waals surface area contributed by atoms with Gasteiger partial charge in [0.25, 0.3) is 0 Å². The van der Waals surface area contributed by atoms with Gasteiger partial charge in [0.05, 0.1) is 11.4 Å². The summed E-state index contributed by atoms with van der Waals surface area (Å²) in [5.74, 6) is 3.91. The fraction of sp³-hybridized carbons (Fsp3) is 0.162. The molecule has 6 unspecified atom stereocenters. The molecule has 6 atom stereocenters. The Labute approximate surface area is 441 Å². The molecule has 1 nitrogen and oxygen atoms in total. The molecule has 75 heavy (non-hydrogen) atoms. The minimum absolute atomic E-state index is 0.0180. The molecule has 0 aromatic heterocycles. The van der Waals surface area contributed by atoms with Gasteiger partial charge in [0.15, 0.2) is 0 Å². The van der Waals surface area contributed by atoms with Gasteiger partial charge >= 0.3 is 0 Å². The second kappa shape index (κ2) is 16.1. The molecule has 0 bridgehead atoms. The molecule has 0 radical (unpaired) electrons. The maximum Gasteiger partial charge on any atom is 0.0540 e. The average molecular weight is 960 g/mol. The Kier molecular flexibility index (Phi) is 9.28. The molecule has 0 amide bonds. The first kappa shape index (κ1) is 43.2. The van der Waals surface area contributed by atoms with Gasteiger partial charge in [-0.25, -0.2) is 0 Å². The standard InChI is InChI=1S/C74H57N/c1-72-47-54(38-42-65(72)63-29-11-14-32-66(63)74(72)69-45-55-44-56-46-70(74)73(55,56)69)59-27-12-15-33-67(59)75(68-34-16-13-28-61(68)62-31-18-26-52-25-17-30-60(71(52)62)50-21-7-3-8-22-50)57-39-35-48(36-40-57)53-37-41-58(49-19-5-2-6-20-49)64(43-53)51-23-9-4-10-24-51/h2-43,47,55-56,65,69-70H,44-46H2,1H3. The fourth-order valence-corrected chi connectivity index (χ4v) is 17.2. The van der Waals surface area contributed by atoms with Crippen molar-refractivity contribution in [3.63, 3.8) is 0 Å². The van der Waals surface area contributed by atoms with Gasteiger partial charge in [0.2, 0.25) is 0 Å². The molecule has 0 N–H and O–H groups in total. The van der Waals surface area contributed by atoms with Crippen LogP contribution < -0.4 is 4.90 Å². The van der Waals surface area contributed by atoms with E-state index in [9.17, 15) is 0 Å². The summed E-state index contributed by atoms with van der Waals surface area (Å²) in [6.07, 6.45) is 12.2. The predicted octanol–water partition coefficient (Wildman–Crippen LogP) is 19.3. The number of allylic oxidation sites excluding steroid dienone is 4. The second-order valence-electron chi connectivity index (χ2n) is 22.9. The smallest absolute Gasteiger partial charge is 0.0540 e. The summed E-state index contributed by atoms with van der Waals surface area (Å²) < 4.78 is 0. The quantitative estimate of drug-likeness (QED) is 0.139. The Hall–Kier alpha value is -8.26. The van der Waals surface area contributed by atoms with Crippen LogP contribution in [0.1, 0.15) is 48.8 Å². The van der Waals surface area contributed by atoms with Crippen LogP contribution in [0, 0.1) is 34.5 Å². The van der Waals surface area contributed by atoms with Gasteiger partial charge in [-0.05, 0) is 156 Å². The van der Waals surface area contributed by atoms with E-state index in [4.69, 9.17) is 0 Å². The molecule has 16 rings (SSSR count). The number of fused-ring (bicyclic) bond motifs is 8. The topological polar surface area (TPSA) is 3.24 Å². The van der Waals surface area contributed by atoms with Crippen LogP contribution in [0.15, 0.2) is 261 Å². The lowest BCUT2D eigenvalue weighted by Gasteiger charge is -2.94. The third-order valence-corrected chi connectivity index (χ3v) is 20.1. The number of hydrogen-bond acceptors (Lipinski definition) is 1. The zero-order chi connectivity index (χ0) is 49.5. The van der Waals surface area contributed by atoms with Crippen LogP contribution in [0.25, 0.3) is 72.0 Å². The Morgan fingerprint density at radius 1 is 0.413 bits per heavy atom. The third-order valence-electron chi connectivity index (χ3n) is 20.1. The highest BCUT2D eigenvalue weighted by atomic mass is 15.1. The third kappa shape index (κ3) is 5.79. The predicted molar refractivity (Wildman–Crippen MR) is 312 cm³/mol. The second-order valence-corrected chi connectivity index (χ2v) is 22.9. The van der Waals surface area contributed by atoms with E-state index >= 15 is 0 Å². The molecule has 4 fully saturated rings. The van der Waals surface area contributed by atoms with Crippen LogP contribution >= 0.6 is 0 Å². The van der Waals surface area contributed by atoms with E-state index in [0.717, 1.165) is 35.0 Å². The maximum absolute atomic E-state index is 2.79. The molecule has 10 aromatic rings. The number of benzene rings is 10. The van der Waals surface area contributed by atoms with Crippen LogP contribution in [-0.4, -0.2) is 0 Å². The zero-order valence-corrected chi connectivity index (χ0v) is 42.3. The van der Waals surface area contributed by atoms with Gasteiger partial charge in [-0.3, -0.25) is 0 Å². The van der Waals surface area contributed by atoms with E-state index in [2.05, 4.69) is 273 Å². The van der Waals surface area contributed by atoms with Gasteiger partial charge in [-0.2, -0.15) is 0 Å². The van der Waals surface area contributed by atoms with E-state index < -0.39 is 0 Å².